The van der Waals surface area contributed by atoms with Crippen molar-refractivity contribution in [3.05, 3.63) is 35.4 Å². The molecule has 0 saturated carbocycles. The van der Waals surface area contributed by atoms with E-state index in [9.17, 15) is 8.78 Å². The van der Waals surface area contributed by atoms with Crippen LogP contribution in [-0.2, 0) is 0 Å². The zero-order valence-electron chi connectivity index (χ0n) is 12.2. The molecule has 1 aromatic carbocycles. The van der Waals surface area contributed by atoms with Gasteiger partial charge in [-0.1, -0.05) is 33.6 Å². The summed E-state index contributed by atoms with van der Waals surface area (Å²) in [6.07, 6.45) is 3.97. The molecule has 1 rings (SSSR count). The third kappa shape index (κ3) is 4.90. The largest absolute Gasteiger partial charge is 0.310 e. The molecular formula is C16H25F2N. The minimum absolute atomic E-state index is 0.0967. The maximum atomic E-state index is 13.9. The van der Waals surface area contributed by atoms with Crippen LogP contribution in [0.2, 0.25) is 0 Å². The van der Waals surface area contributed by atoms with Crippen molar-refractivity contribution >= 4 is 0 Å². The van der Waals surface area contributed by atoms with Crippen molar-refractivity contribution in [1.82, 2.24) is 5.32 Å². The Hall–Kier alpha value is -0.960. The lowest BCUT2D eigenvalue weighted by molar-refractivity contribution is 0.363. The molecule has 1 unspecified atom stereocenters. The van der Waals surface area contributed by atoms with Gasteiger partial charge in [-0.25, -0.2) is 8.78 Å². The molecule has 108 valence electrons. The normalized spacial score (nSPS) is 12.9. The van der Waals surface area contributed by atoms with E-state index in [1.165, 1.54) is 18.2 Å². The lowest BCUT2D eigenvalue weighted by atomic mass is 9.90. The lowest BCUT2D eigenvalue weighted by Gasteiger charge is -2.24. The van der Waals surface area contributed by atoms with Crippen LogP contribution in [0.1, 0.15) is 58.1 Å². The molecule has 0 radical (unpaired) electrons. The Kier molecular flexibility index (Phi) is 7.00. The van der Waals surface area contributed by atoms with E-state index >= 15 is 0 Å². The van der Waals surface area contributed by atoms with Gasteiger partial charge < -0.3 is 5.32 Å². The van der Waals surface area contributed by atoms with E-state index in [1.807, 2.05) is 0 Å². The van der Waals surface area contributed by atoms with Gasteiger partial charge >= 0.3 is 0 Å². The van der Waals surface area contributed by atoms with Crippen molar-refractivity contribution in [2.75, 3.05) is 6.54 Å². The van der Waals surface area contributed by atoms with Crippen molar-refractivity contribution in [1.29, 1.82) is 0 Å². The van der Waals surface area contributed by atoms with E-state index in [0.717, 1.165) is 32.2 Å². The first kappa shape index (κ1) is 16.1. The molecule has 0 heterocycles. The highest BCUT2D eigenvalue weighted by molar-refractivity contribution is 5.22. The predicted octanol–water partition coefficient (Wildman–Crippen LogP) is 4.83. The van der Waals surface area contributed by atoms with Gasteiger partial charge in [-0.15, -0.1) is 0 Å². The van der Waals surface area contributed by atoms with Crippen LogP contribution < -0.4 is 5.32 Å². The molecule has 0 aliphatic carbocycles. The van der Waals surface area contributed by atoms with Crippen molar-refractivity contribution in [2.24, 2.45) is 5.92 Å². The summed E-state index contributed by atoms with van der Waals surface area (Å²) in [6.45, 7) is 7.18. The Labute approximate surface area is 115 Å². The van der Waals surface area contributed by atoms with Crippen LogP contribution in [0.25, 0.3) is 0 Å². The zero-order valence-corrected chi connectivity index (χ0v) is 12.2. The second kappa shape index (κ2) is 8.26. The van der Waals surface area contributed by atoms with Gasteiger partial charge in [-0.05, 0) is 43.5 Å². The molecule has 0 spiro atoms. The van der Waals surface area contributed by atoms with Gasteiger partial charge in [0.1, 0.15) is 11.6 Å². The molecule has 0 bridgehead atoms. The maximum absolute atomic E-state index is 13.9. The Morgan fingerprint density at radius 2 is 1.79 bits per heavy atom. The molecule has 0 saturated heterocycles. The van der Waals surface area contributed by atoms with Gasteiger partial charge in [-0.2, -0.15) is 0 Å². The minimum atomic E-state index is -0.371. The Morgan fingerprint density at radius 1 is 1.11 bits per heavy atom. The fraction of sp³-hybridized carbons (Fsp3) is 0.625. The molecule has 0 amide bonds. The summed E-state index contributed by atoms with van der Waals surface area (Å²) < 4.78 is 27.2. The molecule has 1 N–H and O–H groups in total. The van der Waals surface area contributed by atoms with Gasteiger partial charge in [0.05, 0.1) is 0 Å². The van der Waals surface area contributed by atoms with E-state index in [0.29, 0.717) is 11.5 Å². The number of benzene rings is 1. The van der Waals surface area contributed by atoms with Crippen LogP contribution in [0.4, 0.5) is 8.78 Å². The van der Waals surface area contributed by atoms with Gasteiger partial charge in [0, 0.05) is 11.6 Å². The lowest BCUT2D eigenvalue weighted by Crippen LogP contribution is -2.25. The molecule has 1 atom stereocenters. The topological polar surface area (TPSA) is 12.0 Å². The highest BCUT2D eigenvalue weighted by atomic mass is 19.1. The van der Waals surface area contributed by atoms with E-state index in [1.54, 1.807) is 0 Å². The van der Waals surface area contributed by atoms with Crippen molar-refractivity contribution < 1.29 is 8.78 Å². The summed E-state index contributed by atoms with van der Waals surface area (Å²) in [5, 5.41) is 3.35. The highest BCUT2D eigenvalue weighted by Gasteiger charge is 2.19. The van der Waals surface area contributed by atoms with Crippen LogP contribution in [0, 0.1) is 17.6 Å². The zero-order chi connectivity index (χ0) is 14.3. The number of halogens is 2. The number of hydrogen-bond acceptors (Lipinski definition) is 1. The van der Waals surface area contributed by atoms with Crippen molar-refractivity contribution in [2.45, 2.75) is 52.5 Å². The fourth-order valence-corrected chi connectivity index (χ4v) is 2.38. The molecular weight excluding hydrogens is 244 g/mol. The quantitative estimate of drug-likeness (QED) is 0.712. The van der Waals surface area contributed by atoms with Gasteiger partial charge in [-0.3, -0.25) is 0 Å². The standard InChI is InChI=1S/C16H25F2N/c1-4-9-19-16(10-12(5-2)6-3)14-11-13(17)7-8-15(14)18/h7-8,11-12,16,19H,4-6,9-10H2,1-3H3. The molecule has 3 heteroatoms. The van der Waals surface area contributed by atoms with Crippen molar-refractivity contribution in [3.8, 4) is 0 Å². The van der Waals surface area contributed by atoms with E-state index in [-0.39, 0.29) is 17.7 Å². The summed E-state index contributed by atoms with van der Waals surface area (Å²) in [7, 11) is 0. The van der Waals surface area contributed by atoms with E-state index in [4.69, 9.17) is 0 Å². The summed E-state index contributed by atoms with van der Waals surface area (Å²) in [5.41, 5.74) is 0.459. The summed E-state index contributed by atoms with van der Waals surface area (Å²) in [4.78, 5) is 0. The molecule has 0 aliphatic heterocycles. The molecule has 0 aromatic heterocycles. The Balaban J connectivity index is 2.91. The number of hydrogen-bond donors (Lipinski definition) is 1. The van der Waals surface area contributed by atoms with Crippen LogP contribution in [-0.4, -0.2) is 6.54 Å². The first-order valence-corrected chi connectivity index (χ1v) is 7.30. The third-order valence-electron chi connectivity index (χ3n) is 3.70. The average molecular weight is 269 g/mol. The van der Waals surface area contributed by atoms with E-state index in [2.05, 4.69) is 26.1 Å². The Bertz CT molecular complexity index is 375. The highest BCUT2D eigenvalue weighted by Crippen LogP contribution is 2.27. The number of nitrogens with one attached hydrogen (secondary N) is 1. The molecule has 1 nitrogen and oxygen atoms in total. The summed E-state index contributed by atoms with van der Waals surface area (Å²) >= 11 is 0. The molecule has 0 fully saturated rings. The third-order valence-corrected chi connectivity index (χ3v) is 3.70. The van der Waals surface area contributed by atoms with Gasteiger partial charge in [0.25, 0.3) is 0 Å². The predicted molar refractivity (Wildman–Crippen MR) is 76.1 cm³/mol. The van der Waals surface area contributed by atoms with Crippen LogP contribution in [0.5, 0.6) is 0 Å². The van der Waals surface area contributed by atoms with E-state index < -0.39 is 0 Å². The molecule has 0 aliphatic rings. The van der Waals surface area contributed by atoms with Gasteiger partial charge in [0.2, 0.25) is 0 Å². The minimum Gasteiger partial charge on any atom is -0.310 e. The monoisotopic (exact) mass is 269 g/mol. The first-order chi connectivity index (χ1) is 9.12. The fourth-order valence-electron chi connectivity index (χ4n) is 2.38. The van der Waals surface area contributed by atoms with Crippen molar-refractivity contribution in [3.63, 3.8) is 0 Å². The second-order valence-corrected chi connectivity index (χ2v) is 5.09. The average Bonchev–Trinajstić information content (AvgIpc) is 2.42. The summed E-state index contributed by atoms with van der Waals surface area (Å²) in [5.74, 6) is -0.151. The second-order valence-electron chi connectivity index (χ2n) is 5.09. The van der Waals surface area contributed by atoms with Crippen LogP contribution in [0.3, 0.4) is 0 Å². The van der Waals surface area contributed by atoms with Gasteiger partial charge in [0.15, 0.2) is 0 Å². The maximum Gasteiger partial charge on any atom is 0.128 e. The SMILES string of the molecule is CCCNC(CC(CC)CC)c1cc(F)ccc1F. The van der Waals surface area contributed by atoms with Crippen LogP contribution >= 0.6 is 0 Å². The molecule has 19 heavy (non-hydrogen) atoms. The van der Waals surface area contributed by atoms with Crippen LogP contribution in [0.15, 0.2) is 18.2 Å². The summed E-state index contributed by atoms with van der Waals surface area (Å²) in [6, 6.07) is 3.62. The number of rotatable bonds is 8. The smallest absolute Gasteiger partial charge is 0.128 e. The first-order valence-electron chi connectivity index (χ1n) is 7.30. The molecule has 1 aromatic rings. The Morgan fingerprint density at radius 3 is 2.37 bits per heavy atom.